The molecule has 0 amide bonds. The average molecular weight is 296 g/mol. The van der Waals surface area contributed by atoms with Crippen molar-refractivity contribution in [2.45, 2.75) is 26.4 Å². The van der Waals surface area contributed by atoms with E-state index < -0.39 is 17.9 Å². The van der Waals surface area contributed by atoms with Crippen molar-refractivity contribution in [3.05, 3.63) is 35.9 Å². The third kappa shape index (κ3) is 5.33. The molecule has 1 unspecified atom stereocenters. The van der Waals surface area contributed by atoms with Crippen LogP contribution in [0.1, 0.15) is 26.3 Å². The summed E-state index contributed by atoms with van der Waals surface area (Å²) in [4.78, 5) is 22.9. The van der Waals surface area contributed by atoms with Gasteiger partial charge in [0.1, 0.15) is 6.61 Å². The Morgan fingerprint density at radius 2 is 1.52 bits per heavy atom. The molecule has 116 valence electrons. The van der Waals surface area contributed by atoms with Crippen molar-refractivity contribution in [3.8, 4) is 0 Å². The fraction of sp³-hybridized carbons (Fsp3) is 0.467. The first-order chi connectivity index (χ1) is 10.0. The molecule has 0 aliphatic heterocycles. The van der Waals surface area contributed by atoms with Gasteiger partial charge in [-0.25, -0.2) is 9.59 Å². The van der Waals surface area contributed by atoms with Gasteiger partial charge in [-0.05, 0) is 26.3 Å². The van der Waals surface area contributed by atoms with Crippen LogP contribution in [0.5, 0.6) is 0 Å². The number of ether oxygens (including phenoxy) is 4. The van der Waals surface area contributed by atoms with Crippen molar-refractivity contribution in [1.82, 2.24) is 0 Å². The predicted octanol–water partition coefficient (Wildman–Crippen LogP) is 3.25. The highest BCUT2D eigenvalue weighted by Crippen LogP contribution is 2.26. The molecular formula is C15H20O6. The zero-order chi connectivity index (χ0) is 15.7. The van der Waals surface area contributed by atoms with Crippen LogP contribution in [0.3, 0.4) is 0 Å². The summed E-state index contributed by atoms with van der Waals surface area (Å²) >= 11 is 0. The Bertz CT molecular complexity index is 458. The Labute approximate surface area is 123 Å². The summed E-state index contributed by atoms with van der Waals surface area (Å²) in [7, 11) is 0. The molecule has 0 heterocycles. The van der Waals surface area contributed by atoms with Crippen LogP contribution in [0.15, 0.2) is 30.3 Å². The van der Waals surface area contributed by atoms with Crippen LogP contribution >= 0.6 is 0 Å². The maximum atomic E-state index is 11.6. The Balaban J connectivity index is 2.83. The molecule has 6 heteroatoms. The van der Waals surface area contributed by atoms with Crippen LogP contribution in [0.2, 0.25) is 0 Å². The summed E-state index contributed by atoms with van der Waals surface area (Å²) < 4.78 is 19.8. The molecule has 0 fully saturated rings. The summed E-state index contributed by atoms with van der Waals surface area (Å²) in [6.45, 7) is 5.22. The van der Waals surface area contributed by atoms with Gasteiger partial charge in [-0.2, -0.15) is 0 Å². The van der Waals surface area contributed by atoms with E-state index >= 15 is 0 Å². The van der Waals surface area contributed by atoms with Crippen LogP contribution in [0.4, 0.5) is 9.59 Å². The summed E-state index contributed by atoms with van der Waals surface area (Å²) in [5.74, 6) is 0. The van der Waals surface area contributed by atoms with Crippen LogP contribution in [0, 0.1) is 0 Å². The lowest BCUT2D eigenvalue weighted by molar-refractivity contribution is -0.0686. The average Bonchev–Trinajstić information content (AvgIpc) is 2.47. The highest BCUT2D eigenvalue weighted by molar-refractivity contribution is 5.62. The predicted molar refractivity (Wildman–Crippen MR) is 74.9 cm³/mol. The molecule has 6 nitrogen and oxygen atoms in total. The first-order valence-electron chi connectivity index (χ1n) is 6.72. The third-order valence-electron chi connectivity index (χ3n) is 2.68. The third-order valence-corrected chi connectivity index (χ3v) is 2.68. The SMILES string of the molecule is CCOC(=O)OCC(C)(OC(=O)OCC)c1ccccc1. The molecule has 0 radical (unpaired) electrons. The van der Waals surface area contributed by atoms with Gasteiger partial charge in [-0.15, -0.1) is 0 Å². The molecule has 0 aromatic heterocycles. The quantitative estimate of drug-likeness (QED) is 0.750. The topological polar surface area (TPSA) is 71.1 Å². The fourth-order valence-corrected chi connectivity index (χ4v) is 1.65. The van der Waals surface area contributed by atoms with Gasteiger partial charge in [0.2, 0.25) is 0 Å². The lowest BCUT2D eigenvalue weighted by atomic mass is 9.97. The highest BCUT2D eigenvalue weighted by atomic mass is 16.8. The second kappa shape index (κ2) is 8.14. The second-order valence-corrected chi connectivity index (χ2v) is 4.35. The monoisotopic (exact) mass is 296 g/mol. The molecule has 0 aliphatic carbocycles. The summed E-state index contributed by atoms with van der Waals surface area (Å²) in [5, 5.41) is 0. The number of hydrogen-bond acceptors (Lipinski definition) is 6. The van der Waals surface area contributed by atoms with Crippen molar-refractivity contribution < 1.29 is 28.5 Å². The van der Waals surface area contributed by atoms with Crippen molar-refractivity contribution in [2.24, 2.45) is 0 Å². The lowest BCUT2D eigenvalue weighted by Gasteiger charge is -2.28. The van der Waals surface area contributed by atoms with E-state index in [1.54, 1.807) is 45.0 Å². The first kappa shape index (κ1) is 16.8. The molecule has 0 aliphatic rings. The van der Waals surface area contributed by atoms with Crippen molar-refractivity contribution in [1.29, 1.82) is 0 Å². The van der Waals surface area contributed by atoms with E-state index in [1.807, 2.05) is 6.07 Å². The van der Waals surface area contributed by atoms with E-state index in [0.29, 0.717) is 5.56 Å². The minimum absolute atomic E-state index is 0.172. The standard InChI is InChI=1S/C15H20O6/c1-4-18-13(16)20-11-15(3,21-14(17)19-5-2)12-9-7-6-8-10-12/h6-10H,4-5,11H2,1-3H3. The largest absolute Gasteiger partial charge is 0.509 e. The maximum Gasteiger partial charge on any atom is 0.509 e. The molecule has 0 bridgehead atoms. The Hall–Kier alpha value is -2.24. The van der Waals surface area contributed by atoms with E-state index in [9.17, 15) is 9.59 Å². The van der Waals surface area contributed by atoms with Crippen LogP contribution in [-0.2, 0) is 24.5 Å². The highest BCUT2D eigenvalue weighted by Gasteiger charge is 2.34. The van der Waals surface area contributed by atoms with E-state index in [1.165, 1.54) is 0 Å². The second-order valence-electron chi connectivity index (χ2n) is 4.35. The normalized spacial score (nSPS) is 12.9. The van der Waals surface area contributed by atoms with Gasteiger partial charge < -0.3 is 18.9 Å². The van der Waals surface area contributed by atoms with Crippen molar-refractivity contribution >= 4 is 12.3 Å². The first-order valence-corrected chi connectivity index (χ1v) is 6.72. The number of rotatable bonds is 6. The van der Waals surface area contributed by atoms with Gasteiger partial charge in [0.15, 0.2) is 5.60 Å². The van der Waals surface area contributed by atoms with E-state index in [2.05, 4.69) is 0 Å². The number of carbonyl (C=O) groups excluding carboxylic acids is 2. The maximum absolute atomic E-state index is 11.6. The molecule has 1 aromatic rings. The molecule has 0 N–H and O–H groups in total. The number of benzene rings is 1. The lowest BCUT2D eigenvalue weighted by Crippen LogP contribution is -2.35. The molecule has 21 heavy (non-hydrogen) atoms. The van der Waals surface area contributed by atoms with E-state index in [4.69, 9.17) is 18.9 Å². The Morgan fingerprint density at radius 3 is 2.10 bits per heavy atom. The molecule has 1 rings (SSSR count). The minimum Gasteiger partial charge on any atom is -0.435 e. The van der Waals surface area contributed by atoms with E-state index in [-0.39, 0.29) is 19.8 Å². The van der Waals surface area contributed by atoms with E-state index in [0.717, 1.165) is 0 Å². The van der Waals surface area contributed by atoms with Crippen LogP contribution < -0.4 is 0 Å². The number of hydrogen-bond donors (Lipinski definition) is 0. The minimum atomic E-state index is -1.15. The van der Waals surface area contributed by atoms with Gasteiger partial charge in [0.25, 0.3) is 0 Å². The smallest absolute Gasteiger partial charge is 0.435 e. The molecular weight excluding hydrogens is 276 g/mol. The van der Waals surface area contributed by atoms with Gasteiger partial charge in [0, 0.05) is 0 Å². The fourth-order valence-electron chi connectivity index (χ4n) is 1.65. The van der Waals surface area contributed by atoms with Gasteiger partial charge in [-0.3, -0.25) is 0 Å². The van der Waals surface area contributed by atoms with Crippen LogP contribution in [0.25, 0.3) is 0 Å². The molecule has 0 saturated carbocycles. The summed E-state index contributed by atoms with van der Waals surface area (Å²) in [5.41, 5.74) is -0.470. The Kier molecular flexibility index (Phi) is 6.52. The van der Waals surface area contributed by atoms with Gasteiger partial charge in [-0.1, -0.05) is 30.3 Å². The van der Waals surface area contributed by atoms with Gasteiger partial charge in [0.05, 0.1) is 13.2 Å². The molecule has 1 aromatic carbocycles. The zero-order valence-corrected chi connectivity index (χ0v) is 12.5. The molecule has 0 spiro atoms. The van der Waals surface area contributed by atoms with Crippen LogP contribution in [-0.4, -0.2) is 32.1 Å². The summed E-state index contributed by atoms with van der Waals surface area (Å²) in [6.07, 6.45) is -1.64. The Morgan fingerprint density at radius 1 is 0.952 bits per heavy atom. The molecule has 1 atom stereocenters. The zero-order valence-electron chi connectivity index (χ0n) is 12.5. The van der Waals surface area contributed by atoms with Gasteiger partial charge >= 0.3 is 12.3 Å². The van der Waals surface area contributed by atoms with Crippen molar-refractivity contribution in [3.63, 3.8) is 0 Å². The van der Waals surface area contributed by atoms with Crippen molar-refractivity contribution in [2.75, 3.05) is 19.8 Å². The molecule has 0 saturated heterocycles. The summed E-state index contributed by atoms with van der Waals surface area (Å²) in [6, 6.07) is 8.97. The number of carbonyl (C=O) groups is 2.